The Morgan fingerprint density at radius 2 is 2.17 bits per heavy atom. The van der Waals surface area contributed by atoms with Gasteiger partial charge in [-0.1, -0.05) is 6.07 Å². The highest BCUT2D eigenvalue weighted by atomic mass is 19.1. The van der Waals surface area contributed by atoms with Gasteiger partial charge < -0.3 is 14.6 Å². The zero-order valence-corrected chi connectivity index (χ0v) is 9.89. The summed E-state index contributed by atoms with van der Waals surface area (Å²) in [5.41, 5.74) is 0.430. The molecule has 1 aliphatic rings. The summed E-state index contributed by atoms with van der Waals surface area (Å²) < 4.78 is 24.4. The van der Waals surface area contributed by atoms with Crippen molar-refractivity contribution in [2.45, 2.75) is 25.4 Å². The molecule has 5 heteroatoms. The van der Waals surface area contributed by atoms with Crippen molar-refractivity contribution in [1.82, 2.24) is 0 Å². The SMILES string of the molecule is O=C(O)Cc1ccc(OC2CCOCC2)c(F)c1. The number of carboxylic acid groups (broad SMARTS) is 1. The Balaban J connectivity index is 2.02. The number of carbonyl (C=O) groups is 1. The summed E-state index contributed by atoms with van der Waals surface area (Å²) in [5, 5.41) is 8.62. The van der Waals surface area contributed by atoms with Gasteiger partial charge in [0, 0.05) is 12.8 Å². The minimum absolute atomic E-state index is 0.0291. The van der Waals surface area contributed by atoms with Crippen LogP contribution in [-0.4, -0.2) is 30.4 Å². The summed E-state index contributed by atoms with van der Waals surface area (Å²) >= 11 is 0. The summed E-state index contributed by atoms with van der Waals surface area (Å²) in [5.74, 6) is -1.32. The van der Waals surface area contributed by atoms with Crippen LogP contribution in [0, 0.1) is 5.82 Å². The molecule has 0 spiro atoms. The molecule has 4 nitrogen and oxygen atoms in total. The molecule has 1 fully saturated rings. The third kappa shape index (κ3) is 3.43. The van der Waals surface area contributed by atoms with E-state index < -0.39 is 11.8 Å². The van der Waals surface area contributed by atoms with Crippen LogP contribution in [0.2, 0.25) is 0 Å². The van der Waals surface area contributed by atoms with Gasteiger partial charge >= 0.3 is 5.97 Å². The standard InChI is InChI=1S/C13H15FO4/c14-11-7-9(8-13(15)16)1-2-12(11)18-10-3-5-17-6-4-10/h1-2,7,10H,3-6,8H2,(H,15,16). The normalized spacial score (nSPS) is 16.5. The number of ether oxygens (including phenoxy) is 2. The van der Waals surface area contributed by atoms with E-state index in [-0.39, 0.29) is 18.3 Å². The Labute approximate surface area is 104 Å². The predicted molar refractivity (Wildman–Crippen MR) is 62.2 cm³/mol. The van der Waals surface area contributed by atoms with Crippen molar-refractivity contribution in [3.05, 3.63) is 29.6 Å². The van der Waals surface area contributed by atoms with E-state index in [1.54, 1.807) is 6.07 Å². The maximum Gasteiger partial charge on any atom is 0.307 e. The number of aliphatic carboxylic acids is 1. The van der Waals surface area contributed by atoms with E-state index in [1.165, 1.54) is 12.1 Å². The quantitative estimate of drug-likeness (QED) is 0.893. The van der Waals surface area contributed by atoms with Crippen LogP contribution < -0.4 is 4.74 Å². The first-order valence-corrected chi connectivity index (χ1v) is 5.90. The maximum atomic E-state index is 13.7. The number of benzene rings is 1. The molecule has 0 atom stereocenters. The molecule has 0 amide bonds. The lowest BCUT2D eigenvalue weighted by molar-refractivity contribution is -0.136. The van der Waals surface area contributed by atoms with Crippen LogP contribution >= 0.6 is 0 Å². The molecule has 0 aliphatic carbocycles. The third-order valence-electron chi connectivity index (χ3n) is 2.81. The molecule has 1 aromatic rings. The van der Waals surface area contributed by atoms with E-state index in [9.17, 15) is 9.18 Å². The molecular weight excluding hydrogens is 239 g/mol. The smallest absolute Gasteiger partial charge is 0.307 e. The Morgan fingerprint density at radius 1 is 1.44 bits per heavy atom. The number of hydrogen-bond acceptors (Lipinski definition) is 3. The van der Waals surface area contributed by atoms with E-state index in [4.69, 9.17) is 14.6 Å². The Bertz CT molecular complexity index is 427. The first-order valence-electron chi connectivity index (χ1n) is 5.90. The minimum atomic E-state index is -0.979. The van der Waals surface area contributed by atoms with Crippen molar-refractivity contribution in [3.63, 3.8) is 0 Å². The molecule has 1 aromatic carbocycles. The molecule has 98 valence electrons. The minimum Gasteiger partial charge on any atom is -0.487 e. The summed E-state index contributed by atoms with van der Waals surface area (Å²) in [6.45, 7) is 1.26. The fourth-order valence-corrected chi connectivity index (χ4v) is 1.90. The Hall–Kier alpha value is -1.62. The molecule has 0 radical (unpaired) electrons. The van der Waals surface area contributed by atoms with Crippen LogP contribution in [0.15, 0.2) is 18.2 Å². The van der Waals surface area contributed by atoms with Crippen LogP contribution in [0.1, 0.15) is 18.4 Å². The van der Waals surface area contributed by atoms with Crippen LogP contribution in [0.4, 0.5) is 4.39 Å². The first-order chi connectivity index (χ1) is 8.65. The molecule has 0 bridgehead atoms. The number of rotatable bonds is 4. The summed E-state index contributed by atoms with van der Waals surface area (Å²) in [6, 6.07) is 4.28. The van der Waals surface area contributed by atoms with Crippen molar-refractivity contribution in [1.29, 1.82) is 0 Å². The van der Waals surface area contributed by atoms with E-state index in [0.29, 0.717) is 18.8 Å². The van der Waals surface area contributed by atoms with Gasteiger partial charge in [-0.25, -0.2) is 4.39 Å². The van der Waals surface area contributed by atoms with Gasteiger partial charge in [-0.15, -0.1) is 0 Å². The second kappa shape index (κ2) is 5.82. The Morgan fingerprint density at radius 3 is 2.78 bits per heavy atom. The van der Waals surface area contributed by atoms with Gasteiger partial charge in [0.05, 0.1) is 19.6 Å². The highest BCUT2D eigenvalue weighted by Gasteiger charge is 2.17. The number of halogens is 1. The van der Waals surface area contributed by atoms with Gasteiger partial charge in [-0.3, -0.25) is 4.79 Å². The number of hydrogen-bond donors (Lipinski definition) is 1. The Kier molecular flexibility index (Phi) is 4.15. The summed E-state index contributed by atoms with van der Waals surface area (Å²) in [7, 11) is 0. The average molecular weight is 254 g/mol. The zero-order valence-electron chi connectivity index (χ0n) is 9.89. The lowest BCUT2D eigenvalue weighted by Gasteiger charge is -2.23. The van der Waals surface area contributed by atoms with E-state index in [1.807, 2.05) is 0 Å². The largest absolute Gasteiger partial charge is 0.487 e. The highest BCUT2D eigenvalue weighted by molar-refractivity contribution is 5.70. The highest BCUT2D eigenvalue weighted by Crippen LogP contribution is 2.22. The van der Waals surface area contributed by atoms with Crippen LogP contribution in [0.25, 0.3) is 0 Å². The van der Waals surface area contributed by atoms with Gasteiger partial charge in [0.2, 0.25) is 0 Å². The average Bonchev–Trinajstić information content (AvgIpc) is 2.33. The van der Waals surface area contributed by atoms with Crippen molar-refractivity contribution in [2.75, 3.05) is 13.2 Å². The lowest BCUT2D eigenvalue weighted by Crippen LogP contribution is -2.26. The fourth-order valence-electron chi connectivity index (χ4n) is 1.90. The molecular formula is C13H15FO4. The summed E-state index contributed by atoms with van der Waals surface area (Å²) in [6.07, 6.45) is 1.28. The predicted octanol–water partition coefficient (Wildman–Crippen LogP) is 2.01. The van der Waals surface area contributed by atoms with Crippen LogP contribution in [0.3, 0.4) is 0 Å². The van der Waals surface area contributed by atoms with Gasteiger partial charge in [0.25, 0.3) is 0 Å². The van der Waals surface area contributed by atoms with E-state index >= 15 is 0 Å². The van der Waals surface area contributed by atoms with Crippen LogP contribution in [-0.2, 0) is 16.0 Å². The number of carboxylic acids is 1. The van der Waals surface area contributed by atoms with Crippen LogP contribution in [0.5, 0.6) is 5.75 Å². The molecule has 1 heterocycles. The molecule has 1 saturated heterocycles. The van der Waals surface area contributed by atoms with Crippen molar-refractivity contribution < 1.29 is 23.8 Å². The van der Waals surface area contributed by atoms with Gasteiger partial charge in [-0.05, 0) is 17.7 Å². The topological polar surface area (TPSA) is 55.8 Å². The van der Waals surface area contributed by atoms with Gasteiger partial charge in [0.1, 0.15) is 6.10 Å². The van der Waals surface area contributed by atoms with Crippen molar-refractivity contribution in [2.24, 2.45) is 0 Å². The zero-order chi connectivity index (χ0) is 13.0. The molecule has 0 unspecified atom stereocenters. The van der Waals surface area contributed by atoms with Crippen molar-refractivity contribution >= 4 is 5.97 Å². The van der Waals surface area contributed by atoms with Gasteiger partial charge in [0.15, 0.2) is 11.6 Å². The molecule has 1 aliphatic heterocycles. The second-order valence-electron chi connectivity index (χ2n) is 4.26. The molecule has 2 rings (SSSR count). The molecule has 1 N–H and O–H groups in total. The maximum absolute atomic E-state index is 13.7. The first kappa shape index (κ1) is 12.8. The second-order valence-corrected chi connectivity index (χ2v) is 4.26. The van der Waals surface area contributed by atoms with Gasteiger partial charge in [-0.2, -0.15) is 0 Å². The molecule has 0 saturated carbocycles. The van der Waals surface area contributed by atoms with Crippen molar-refractivity contribution in [3.8, 4) is 5.75 Å². The molecule has 18 heavy (non-hydrogen) atoms. The third-order valence-corrected chi connectivity index (χ3v) is 2.81. The molecule has 0 aromatic heterocycles. The summed E-state index contributed by atoms with van der Waals surface area (Å²) in [4.78, 5) is 10.5. The van der Waals surface area contributed by atoms with E-state index in [2.05, 4.69) is 0 Å². The fraction of sp³-hybridized carbons (Fsp3) is 0.462. The van der Waals surface area contributed by atoms with E-state index in [0.717, 1.165) is 12.8 Å². The monoisotopic (exact) mass is 254 g/mol. The lowest BCUT2D eigenvalue weighted by atomic mass is 10.1.